The molecule has 0 aliphatic heterocycles. The first-order valence-corrected chi connectivity index (χ1v) is 5.23. The van der Waals surface area contributed by atoms with Gasteiger partial charge in [0.05, 0.1) is 26.9 Å². The van der Waals surface area contributed by atoms with E-state index in [2.05, 4.69) is 0 Å². The third-order valence-electron chi connectivity index (χ3n) is 2.74. The lowest BCUT2D eigenvalue weighted by atomic mass is 9.92. The van der Waals surface area contributed by atoms with Crippen LogP contribution in [0.15, 0.2) is 24.0 Å². The van der Waals surface area contributed by atoms with Crippen LogP contribution in [0.2, 0.25) is 0 Å². The molecule has 0 saturated heterocycles. The summed E-state index contributed by atoms with van der Waals surface area (Å²) in [5.74, 6) is 0.0244. The van der Waals surface area contributed by atoms with Gasteiger partial charge in [0, 0.05) is 11.6 Å². The molecular weight excluding hydrogens is 236 g/mol. The second-order valence-electron chi connectivity index (χ2n) is 3.63. The van der Waals surface area contributed by atoms with E-state index in [9.17, 15) is 9.59 Å². The number of ketones is 2. The molecule has 0 atom stereocenters. The Bertz CT molecular complexity index is 557. The molecule has 18 heavy (non-hydrogen) atoms. The first-order chi connectivity index (χ1) is 8.63. The van der Waals surface area contributed by atoms with Crippen molar-refractivity contribution in [2.24, 2.45) is 0 Å². The molecule has 0 N–H and O–H groups in total. The van der Waals surface area contributed by atoms with E-state index in [1.807, 2.05) is 0 Å². The minimum Gasteiger partial charge on any atom is -0.493 e. The van der Waals surface area contributed by atoms with Crippen molar-refractivity contribution in [3.05, 3.63) is 35.1 Å². The molecule has 0 amide bonds. The molecule has 1 aliphatic rings. The Morgan fingerprint density at radius 1 is 0.944 bits per heavy atom. The number of carbonyl (C=O) groups is 2. The average Bonchev–Trinajstić information content (AvgIpc) is 2.40. The Morgan fingerprint density at radius 2 is 1.67 bits per heavy atom. The molecule has 0 fully saturated rings. The van der Waals surface area contributed by atoms with Crippen molar-refractivity contribution in [2.45, 2.75) is 0 Å². The second kappa shape index (κ2) is 4.52. The van der Waals surface area contributed by atoms with Crippen LogP contribution >= 0.6 is 0 Å². The van der Waals surface area contributed by atoms with Gasteiger partial charge in [-0.1, -0.05) is 0 Å². The molecule has 0 unspecified atom stereocenters. The van der Waals surface area contributed by atoms with Crippen LogP contribution < -0.4 is 9.47 Å². The monoisotopic (exact) mass is 248 g/mol. The van der Waals surface area contributed by atoms with Crippen molar-refractivity contribution in [2.75, 3.05) is 21.3 Å². The number of allylic oxidation sites excluding steroid dienone is 2. The van der Waals surface area contributed by atoms with Gasteiger partial charge in [0.25, 0.3) is 0 Å². The number of ether oxygens (including phenoxy) is 3. The van der Waals surface area contributed by atoms with Crippen LogP contribution in [0.3, 0.4) is 0 Å². The van der Waals surface area contributed by atoms with Gasteiger partial charge in [0.1, 0.15) is 0 Å². The number of methoxy groups -OCH3 is 3. The summed E-state index contributed by atoms with van der Waals surface area (Å²) < 4.78 is 15.1. The molecule has 2 rings (SSSR count). The minimum atomic E-state index is -0.340. The quantitative estimate of drug-likeness (QED) is 0.813. The summed E-state index contributed by atoms with van der Waals surface area (Å²) in [5.41, 5.74) is 0.472. The number of benzene rings is 1. The molecule has 5 heteroatoms. The van der Waals surface area contributed by atoms with E-state index in [0.717, 1.165) is 6.08 Å². The normalized spacial score (nSPS) is 13.8. The molecule has 94 valence electrons. The van der Waals surface area contributed by atoms with Gasteiger partial charge >= 0.3 is 0 Å². The van der Waals surface area contributed by atoms with Gasteiger partial charge in [-0.05, 0) is 12.1 Å². The summed E-state index contributed by atoms with van der Waals surface area (Å²) >= 11 is 0. The van der Waals surface area contributed by atoms with Crippen LogP contribution in [0, 0.1) is 0 Å². The SMILES string of the molecule is COC1=CC(=O)c2c(ccc(OC)c2OC)C1=O. The first kappa shape index (κ1) is 12.2. The predicted octanol–water partition coefficient (Wildman–Crippen LogP) is 1.61. The maximum absolute atomic E-state index is 12.0. The zero-order valence-electron chi connectivity index (χ0n) is 10.3. The van der Waals surface area contributed by atoms with Crippen LogP contribution in [0.5, 0.6) is 11.5 Å². The maximum atomic E-state index is 12.0. The van der Waals surface area contributed by atoms with Crippen molar-refractivity contribution in [3.63, 3.8) is 0 Å². The molecule has 1 aromatic rings. The highest BCUT2D eigenvalue weighted by molar-refractivity contribution is 6.25. The van der Waals surface area contributed by atoms with E-state index in [1.165, 1.54) is 27.4 Å². The van der Waals surface area contributed by atoms with Crippen molar-refractivity contribution in [3.8, 4) is 11.5 Å². The number of fused-ring (bicyclic) bond motifs is 1. The summed E-state index contributed by atoms with van der Waals surface area (Å²) in [4.78, 5) is 24.0. The third kappa shape index (κ3) is 1.64. The zero-order chi connectivity index (χ0) is 13.3. The first-order valence-electron chi connectivity index (χ1n) is 5.23. The Hall–Kier alpha value is -2.30. The van der Waals surface area contributed by atoms with Gasteiger partial charge in [-0.15, -0.1) is 0 Å². The van der Waals surface area contributed by atoms with E-state index < -0.39 is 0 Å². The van der Waals surface area contributed by atoms with Gasteiger partial charge < -0.3 is 14.2 Å². The standard InChI is InChI=1S/C13H12O5/c1-16-9-5-4-7-11(13(9)18-3)8(14)6-10(17-2)12(7)15/h4-6H,1-3H3. The summed E-state index contributed by atoms with van der Waals surface area (Å²) in [6.45, 7) is 0. The number of hydrogen-bond acceptors (Lipinski definition) is 5. The fourth-order valence-corrected chi connectivity index (χ4v) is 1.90. The van der Waals surface area contributed by atoms with Crippen molar-refractivity contribution in [1.82, 2.24) is 0 Å². The Balaban J connectivity index is 2.69. The zero-order valence-corrected chi connectivity index (χ0v) is 10.3. The van der Waals surface area contributed by atoms with Crippen molar-refractivity contribution >= 4 is 11.6 Å². The summed E-state index contributed by atoms with van der Waals surface area (Å²) in [6, 6.07) is 3.12. The van der Waals surface area contributed by atoms with Gasteiger partial charge in [0.2, 0.25) is 5.78 Å². The lowest BCUT2D eigenvalue weighted by Crippen LogP contribution is -2.19. The molecule has 0 aromatic heterocycles. The van der Waals surface area contributed by atoms with Crippen LogP contribution in [0.1, 0.15) is 20.7 Å². The number of Topliss-reactive ketones (excluding diaryl/α,β-unsaturated/α-hetero) is 1. The van der Waals surface area contributed by atoms with Crippen LogP contribution in [-0.4, -0.2) is 32.9 Å². The van der Waals surface area contributed by atoms with E-state index >= 15 is 0 Å². The van der Waals surface area contributed by atoms with E-state index in [-0.39, 0.29) is 34.2 Å². The Morgan fingerprint density at radius 3 is 2.22 bits per heavy atom. The lowest BCUT2D eigenvalue weighted by Gasteiger charge is -2.18. The largest absolute Gasteiger partial charge is 0.493 e. The molecule has 0 heterocycles. The smallest absolute Gasteiger partial charge is 0.228 e. The summed E-state index contributed by atoms with van der Waals surface area (Å²) in [5, 5.41) is 0. The maximum Gasteiger partial charge on any atom is 0.228 e. The molecule has 0 spiro atoms. The number of carbonyl (C=O) groups excluding carboxylic acids is 2. The molecule has 0 radical (unpaired) electrons. The average molecular weight is 248 g/mol. The van der Waals surface area contributed by atoms with Crippen molar-refractivity contribution in [1.29, 1.82) is 0 Å². The predicted molar refractivity (Wildman–Crippen MR) is 63.3 cm³/mol. The molecular formula is C13H12O5. The van der Waals surface area contributed by atoms with Gasteiger partial charge in [-0.3, -0.25) is 9.59 Å². The van der Waals surface area contributed by atoms with Gasteiger partial charge in [0.15, 0.2) is 23.0 Å². The lowest BCUT2D eigenvalue weighted by molar-refractivity contribution is 0.0914. The Kier molecular flexibility index (Phi) is 3.06. The molecule has 0 saturated carbocycles. The van der Waals surface area contributed by atoms with Crippen LogP contribution in [-0.2, 0) is 4.74 Å². The number of hydrogen-bond donors (Lipinski definition) is 0. The highest BCUT2D eigenvalue weighted by Gasteiger charge is 2.31. The molecule has 1 aromatic carbocycles. The topological polar surface area (TPSA) is 61.8 Å². The molecule has 0 bridgehead atoms. The van der Waals surface area contributed by atoms with E-state index in [4.69, 9.17) is 14.2 Å². The van der Waals surface area contributed by atoms with Crippen LogP contribution in [0.4, 0.5) is 0 Å². The van der Waals surface area contributed by atoms with Crippen molar-refractivity contribution < 1.29 is 23.8 Å². The molecule has 1 aliphatic carbocycles. The third-order valence-corrected chi connectivity index (χ3v) is 2.74. The Labute approximate surface area is 104 Å². The van der Waals surface area contributed by atoms with Gasteiger partial charge in [-0.2, -0.15) is 0 Å². The highest BCUT2D eigenvalue weighted by atomic mass is 16.5. The molecule has 5 nitrogen and oxygen atoms in total. The van der Waals surface area contributed by atoms with Gasteiger partial charge in [-0.25, -0.2) is 0 Å². The fourth-order valence-electron chi connectivity index (χ4n) is 1.90. The second-order valence-corrected chi connectivity index (χ2v) is 3.63. The number of rotatable bonds is 3. The fraction of sp³-hybridized carbons (Fsp3) is 0.231. The van der Waals surface area contributed by atoms with E-state index in [0.29, 0.717) is 5.75 Å². The minimum absolute atomic E-state index is 0.0275. The highest BCUT2D eigenvalue weighted by Crippen LogP contribution is 2.36. The van der Waals surface area contributed by atoms with Crippen LogP contribution in [0.25, 0.3) is 0 Å². The van der Waals surface area contributed by atoms with E-state index in [1.54, 1.807) is 6.07 Å². The summed E-state index contributed by atoms with van der Waals surface area (Å²) in [6.07, 6.45) is 1.16. The summed E-state index contributed by atoms with van der Waals surface area (Å²) in [7, 11) is 4.24.